The van der Waals surface area contributed by atoms with Crippen molar-refractivity contribution in [3.05, 3.63) is 0 Å². The molecule has 3 nitrogen and oxygen atoms in total. The van der Waals surface area contributed by atoms with Gasteiger partial charge in [-0.05, 0) is 6.92 Å². The molecule has 4 heteroatoms. The fourth-order valence-corrected chi connectivity index (χ4v) is 0.251. The van der Waals surface area contributed by atoms with Crippen molar-refractivity contribution in [1.82, 2.24) is 0 Å². The SMILES string of the molecule is CC(=O)CCOC=O.[H-].[Na+]. The van der Waals surface area contributed by atoms with Gasteiger partial charge < -0.3 is 6.16 Å². The third kappa shape index (κ3) is 11.6. The molecule has 0 aliphatic heterocycles. The van der Waals surface area contributed by atoms with Gasteiger partial charge in [-0.25, -0.2) is 0 Å². The number of carbonyl (C=O) groups excluding carboxylic acids is 2. The summed E-state index contributed by atoms with van der Waals surface area (Å²) in [5.74, 6) is 0.0341. The van der Waals surface area contributed by atoms with Crippen LogP contribution in [0.15, 0.2) is 0 Å². The smallest absolute Gasteiger partial charge is 1.00 e. The first-order valence-corrected chi connectivity index (χ1v) is 2.32. The van der Waals surface area contributed by atoms with Gasteiger partial charge in [0.05, 0.1) is 6.61 Å². The number of carbonyl (C=O) groups is 2. The van der Waals surface area contributed by atoms with Gasteiger partial charge in [0, 0.05) is 6.42 Å². The normalized spacial score (nSPS) is 7.22. The van der Waals surface area contributed by atoms with Gasteiger partial charge >= 0.3 is 29.6 Å². The van der Waals surface area contributed by atoms with Gasteiger partial charge in [-0.1, -0.05) is 0 Å². The van der Waals surface area contributed by atoms with Gasteiger partial charge in [0.1, 0.15) is 5.78 Å². The summed E-state index contributed by atoms with van der Waals surface area (Å²) >= 11 is 0. The Morgan fingerprint density at radius 1 is 1.78 bits per heavy atom. The maximum Gasteiger partial charge on any atom is 1.00 e. The topological polar surface area (TPSA) is 43.4 Å². The van der Waals surface area contributed by atoms with Crippen molar-refractivity contribution >= 4 is 12.3 Å². The quantitative estimate of drug-likeness (QED) is 0.241. The molecule has 0 aliphatic carbocycles. The summed E-state index contributed by atoms with van der Waals surface area (Å²) in [6, 6.07) is 0. The van der Waals surface area contributed by atoms with Gasteiger partial charge in [0.15, 0.2) is 0 Å². The third-order valence-corrected chi connectivity index (χ3v) is 0.640. The molecule has 0 saturated carbocycles. The first-order chi connectivity index (χ1) is 3.77. The van der Waals surface area contributed by atoms with Crippen LogP contribution in [0.3, 0.4) is 0 Å². The number of ketones is 1. The maximum absolute atomic E-state index is 10.1. The second kappa shape index (κ2) is 8.14. The largest absolute Gasteiger partial charge is 1.00 e. The van der Waals surface area contributed by atoms with Crippen molar-refractivity contribution in [3.8, 4) is 0 Å². The van der Waals surface area contributed by atoms with E-state index in [9.17, 15) is 9.59 Å². The molecular weight excluding hydrogens is 131 g/mol. The number of ether oxygens (including phenoxy) is 1. The van der Waals surface area contributed by atoms with Gasteiger partial charge in [-0.3, -0.25) is 9.59 Å². The summed E-state index contributed by atoms with van der Waals surface area (Å²) in [5, 5.41) is 0. The average molecular weight is 140 g/mol. The zero-order chi connectivity index (χ0) is 6.41. The van der Waals surface area contributed by atoms with Gasteiger partial charge in [-0.15, -0.1) is 0 Å². The van der Waals surface area contributed by atoms with Crippen LogP contribution < -0.4 is 29.6 Å². The Hall–Kier alpha value is 0.140. The molecule has 0 bridgehead atoms. The van der Waals surface area contributed by atoms with Crippen LogP contribution in [-0.4, -0.2) is 18.9 Å². The first kappa shape index (κ1) is 11.9. The molecule has 0 aromatic carbocycles. The molecule has 0 rings (SSSR count). The molecule has 0 aliphatic rings. The molecule has 0 spiro atoms. The summed E-state index contributed by atoms with van der Waals surface area (Å²) in [4.78, 5) is 19.6. The minimum atomic E-state index is 0. The van der Waals surface area contributed by atoms with Crippen LogP contribution in [0.2, 0.25) is 0 Å². The Morgan fingerprint density at radius 3 is 2.67 bits per heavy atom. The van der Waals surface area contributed by atoms with E-state index in [2.05, 4.69) is 4.74 Å². The Labute approximate surface area is 77.5 Å². The Balaban J connectivity index is -0.000000245. The summed E-state index contributed by atoms with van der Waals surface area (Å²) in [6.07, 6.45) is 0.318. The molecule has 0 amide bonds. The summed E-state index contributed by atoms with van der Waals surface area (Å²) in [5.41, 5.74) is 0. The Morgan fingerprint density at radius 2 is 2.33 bits per heavy atom. The van der Waals surface area contributed by atoms with E-state index in [-0.39, 0.29) is 43.4 Å². The summed E-state index contributed by atoms with van der Waals surface area (Å²) in [6.45, 7) is 2.00. The van der Waals surface area contributed by atoms with E-state index < -0.39 is 0 Å². The fraction of sp³-hybridized carbons (Fsp3) is 0.600. The van der Waals surface area contributed by atoms with Gasteiger partial charge in [0.25, 0.3) is 6.47 Å². The molecule has 9 heavy (non-hydrogen) atoms. The van der Waals surface area contributed by atoms with E-state index in [1.54, 1.807) is 0 Å². The molecular formula is C5H9NaO3. The summed E-state index contributed by atoms with van der Waals surface area (Å²) in [7, 11) is 0. The molecule has 0 radical (unpaired) electrons. The van der Waals surface area contributed by atoms with E-state index in [0.29, 0.717) is 12.9 Å². The monoisotopic (exact) mass is 140 g/mol. The zero-order valence-electron chi connectivity index (χ0n) is 6.72. The van der Waals surface area contributed by atoms with Gasteiger partial charge in [-0.2, -0.15) is 0 Å². The molecule has 0 unspecified atom stereocenters. The van der Waals surface area contributed by atoms with E-state index in [4.69, 9.17) is 0 Å². The molecule has 48 valence electrons. The van der Waals surface area contributed by atoms with Crippen LogP contribution in [0.25, 0.3) is 0 Å². The van der Waals surface area contributed by atoms with Crippen LogP contribution in [0.1, 0.15) is 14.8 Å². The molecule has 0 heterocycles. The second-order valence-corrected chi connectivity index (χ2v) is 1.42. The molecule has 0 saturated heterocycles. The zero-order valence-corrected chi connectivity index (χ0v) is 7.72. The van der Waals surface area contributed by atoms with Crippen molar-refractivity contribution in [2.45, 2.75) is 13.3 Å². The minimum Gasteiger partial charge on any atom is -1.00 e. The van der Waals surface area contributed by atoms with Crippen LogP contribution in [0.4, 0.5) is 0 Å². The Kier molecular flexibility index (Phi) is 10.7. The van der Waals surface area contributed by atoms with E-state index in [0.717, 1.165) is 0 Å². The minimum absolute atomic E-state index is 0. The number of hydrogen-bond donors (Lipinski definition) is 0. The van der Waals surface area contributed by atoms with Crippen LogP contribution in [0.5, 0.6) is 0 Å². The standard InChI is InChI=1S/C5H8O3.Na.H/c1-5(7)2-3-8-4-6;;/h4H,2-3H2,1H3;;/q;+1;-1. The number of rotatable bonds is 4. The molecule has 0 aromatic rings. The van der Waals surface area contributed by atoms with Gasteiger partial charge in [0.2, 0.25) is 0 Å². The Bertz CT molecular complexity index is 96.9. The average Bonchev–Trinajstić information content (AvgIpc) is 1.66. The van der Waals surface area contributed by atoms with Crippen LogP contribution in [-0.2, 0) is 14.3 Å². The van der Waals surface area contributed by atoms with Crippen LogP contribution in [0, 0.1) is 0 Å². The van der Waals surface area contributed by atoms with E-state index in [1.165, 1.54) is 6.92 Å². The van der Waals surface area contributed by atoms with Crippen molar-refractivity contribution in [2.24, 2.45) is 0 Å². The third-order valence-electron chi connectivity index (χ3n) is 0.640. The predicted molar refractivity (Wildman–Crippen MR) is 28.4 cm³/mol. The van der Waals surface area contributed by atoms with E-state index >= 15 is 0 Å². The van der Waals surface area contributed by atoms with Crippen LogP contribution >= 0.6 is 0 Å². The van der Waals surface area contributed by atoms with Crippen molar-refractivity contribution in [3.63, 3.8) is 0 Å². The van der Waals surface area contributed by atoms with Crippen molar-refractivity contribution in [2.75, 3.05) is 6.61 Å². The predicted octanol–water partition coefficient (Wildman–Crippen LogP) is -2.74. The van der Waals surface area contributed by atoms with Crippen molar-refractivity contribution < 1.29 is 45.3 Å². The summed E-state index contributed by atoms with van der Waals surface area (Å²) < 4.78 is 4.24. The molecule has 0 N–H and O–H groups in total. The number of hydrogen-bond acceptors (Lipinski definition) is 3. The van der Waals surface area contributed by atoms with Crippen molar-refractivity contribution in [1.29, 1.82) is 0 Å². The molecule has 0 atom stereocenters. The first-order valence-electron chi connectivity index (χ1n) is 2.32. The second-order valence-electron chi connectivity index (χ2n) is 1.42. The molecule has 0 fully saturated rings. The fourth-order valence-electron chi connectivity index (χ4n) is 0.251. The maximum atomic E-state index is 10.1. The number of Topliss-reactive ketones (excluding diaryl/α,β-unsaturated/α-hetero) is 1. The van der Waals surface area contributed by atoms with E-state index in [1.807, 2.05) is 0 Å². The molecule has 0 aromatic heterocycles.